The topological polar surface area (TPSA) is 90.7 Å². The second-order valence-electron chi connectivity index (χ2n) is 4.44. The zero-order valence-corrected chi connectivity index (χ0v) is 11.4. The molecular weight excluding hydrogens is 272 g/mol. The van der Waals surface area contributed by atoms with Gasteiger partial charge in [-0.3, -0.25) is 19.5 Å². The first-order valence-electron chi connectivity index (χ1n) is 6.23. The highest BCUT2D eigenvalue weighted by atomic mass is 16.4. The average molecular weight is 286 g/mol. The van der Waals surface area contributed by atoms with Gasteiger partial charge in [0.1, 0.15) is 12.3 Å². The minimum absolute atomic E-state index is 0.0408. The minimum atomic E-state index is -1.13. The largest absolute Gasteiger partial charge is 0.508 e. The number of aryl methyl sites for hydroxylation is 1. The summed E-state index contributed by atoms with van der Waals surface area (Å²) in [5, 5.41) is 18.3. The van der Waals surface area contributed by atoms with E-state index in [9.17, 15) is 14.7 Å². The molecule has 21 heavy (non-hydrogen) atoms. The lowest BCUT2D eigenvalue weighted by Gasteiger charge is -2.21. The third kappa shape index (κ3) is 3.36. The van der Waals surface area contributed by atoms with Gasteiger partial charge in [-0.25, -0.2) is 0 Å². The van der Waals surface area contributed by atoms with Crippen LogP contribution < -0.4 is 4.90 Å². The Morgan fingerprint density at radius 1 is 1.19 bits per heavy atom. The van der Waals surface area contributed by atoms with Crippen molar-refractivity contribution in [2.45, 2.75) is 6.92 Å². The van der Waals surface area contributed by atoms with Crippen LogP contribution in [0.5, 0.6) is 5.75 Å². The number of rotatable bonds is 4. The summed E-state index contributed by atoms with van der Waals surface area (Å²) in [5.41, 5.74) is 1.26. The van der Waals surface area contributed by atoms with Crippen LogP contribution in [0.2, 0.25) is 0 Å². The Morgan fingerprint density at radius 3 is 2.43 bits per heavy atom. The van der Waals surface area contributed by atoms with Crippen molar-refractivity contribution in [1.29, 1.82) is 0 Å². The lowest BCUT2D eigenvalue weighted by molar-refractivity contribution is -0.135. The molecule has 0 spiro atoms. The summed E-state index contributed by atoms with van der Waals surface area (Å²) in [6.45, 7) is 1.21. The number of carboxylic acids is 1. The van der Waals surface area contributed by atoms with E-state index in [4.69, 9.17) is 5.11 Å². The number of aliphatic carboxylic acids is 1. The number of phenolic OH excluding ortho intramolecular Hbond substituents is 1. The molecule has 0 aliphatic heterocycles. The summed E-state index contributed by atoms with van der Waals surface area (Å²) >= 11 is 0. The molecule has 1 aromatic heterocycles. The smallest absolute Gasteiger partial charge is 0.323 e. The molecule has 0 radical (unpaired) electrons. The number of phenols is 1. The van der Waals surface area contributed by atoms with Crippen LogP contribution in [-0.2, 0) is 4.79 Å². The first-order chi connectivity index (χ1) is 9.99. The van der Waals surface area contributed by atoms with Crippen molar-refractivity contribution < 1.29 is 19.8 Å². The van der Waals surface area contributed by atoms with E-state index in [0.717, 1.165) is 4.90 Å². The molecule has 0 aliphatic carbocycles. The first kappa shape index (κ1) is 14.5. The summed E-state index contributed by atoms with van der Waals surface area (Å²) in [6, 6.07) is 8.99. The van der Waals surface area contributed by atoms with Gasteiger partial charge in [-0.05, 0) is 43.3 Å². The van der Waals surface area contributed by atoms with E-state index < -0.39 is 18.4 Å². The van der Waals surface area contributed by atoms with Crippen LogP contribution in [0.1, 0.15) is 16.1 Å². The lowest BCUT2D eigenvalue weighted by atomic mass is 10.1. The number of aromatic nitrogens is 1. The molecule has 6 nitrogen and oxygen atoms in total. The van der Waals surface area contributed by atoms with E-state index in [2.05, 4.69) is 4.98 Å². The third-order valence-corrected chi connectivity index (χ3v) is 2.94. The van der Waals surface area contributed by atoms with Crippen LogP contribution in [0.3, 0.4) is 0 Å². The van der Waals surface area contributed by atoms with E-state index in [0.29, 0.717) is 16.9 Å². The number of carbonyl (C=O) groups is 2. The number of amides is 1. The van der Waals surface area contributed by atoms with Crippen LogP contribution >= 0.6 is 0 Å². The Balaban J connectivity index is 2.40. The van der Waals surface area contributed by atoms with Gasteiger partial charge in [0, 0.05) is 17.6 Å². The number of hydrogen-bond acceptors (Lipinski definition) is 4. The quantitative estimate of drug-likeness (QED) is 0.894. The van der Waals surface area contributed by atoms with Crippen molar-refractivity contribution in [1.82, 2.24) is 4.98 Å². The van der Waals surface area contributed by atoms with Crippen LogP contribution in [0.15, 0.2) is 42.6 Å². The number of carbonyl (C=O) groups excluding carboxylic acids is 1. The zero-order chi connectivity index (χ0) is 15.4. The number of aromatic hydroxyl groups is 1. The van der Waals surface area contributed by atoms with Crippen molar-refractivity contribution in [2.75, 3.05) is 11.4 Å². The number of pyridine rings is 1. The van der Waals surface area contributed by atoms with Crippen molar-refractivity contribution >= 4 is 17.6 Å². The predicted octanol–water partition coefficient (Wildman–Crippen LogP) is 1.83. The molecule has 6 heteroatoms. The molecule has 2 aromatic rings. The predicted molar refractivity (Wildman–Crippen MR) is 76.4 cm³/mol. The maximum absolute atomic E-state index is 12.5. The van der Waals surface area contributed by atoms with E-state index in [1.807, 2.05) is 0 Å². The van der Waals surface area contributed by atoms with Crippen LogP contribution in [0.25, 0.3) is 0 Å². The molecule has 2 N–H and O–H groups in total. The number of carboxylic acid groups (broad SMARTS) is 1. The molecule has 0 atom stereocenters. The summed E-state index contributed by atoms with van der Waals surface area (Å²) in [5.74, 6) is -1.54. The van der Waals surface area contributed by atoms with Gasteiger partial charge in [0.25, 0.3) is 5.91 Å². The Labute approximate surface area is 121 Å². The molecular formula is C15H14N2O4. The summed E-state index contributed by atoms with van der Waals surface area (Å²) < 4.78 is 0. The van der Waals surface area contributed by atoms with Gasteiger partial charge in [0.2, 0.25) is 0 Å². The number of anilines is 1. The molecule has 0 fully saturated rings. The normalized spacial score (nSPS) is 10.1. The van der Waals surface area contributed by atoms with Crippen molar-refractivity contribution in [3.63, 3.8) is 0 Å². The highest BCUT2D eigenvalue weighted by Gasteiger charge is 2.22. The third-order valence-electron chi connectivity index (χ3n) is 2.94. The highest BCUT2D eigenvalue weighted by Crippen LogP contribution is 2.21. The van der Waals surface area contributed by atoms with Gasteiger partial charge in [0.05, 0.1) is 5.56 Å². The summed E-state index contributed by atoms with van der Waals surface area (Å²) in [6.07, 6.45) is 1.56. The van der Waals surface area contributed by atoms with Gasteiger partial charge in [0.15, 0.2) is 0 Å². The number of hydrogen-bond donors (Lipinski definition) is 2. The van der Waals surface area contributed by atoms with Gasteiger partial charge in [-0.2, -0.15) is 0 Å². The molecule has 0 aliphatic rings. The van der Waals surface area contributed by atoms with Gasteiger partial charge in [-0.15, -0.1) is 0 Å². The SMILES string of the molecule is Cc1ncccc1C(=O)N(CC(=O)O)c1ccc(O)cc1. The molecule has 108 valence electrons. The second-order valence-corrected chi connectivity index (χ2v) is 4.44. The van der Waals surface area contributed by atoms with Crippen molar-refractivity contribution in [2.24, 2.45) is 0 Å². The first-order valence-corrected chi connectivity index (χ1v) is 6.23. The average Bonchev–Trinajstić information content (AvgIpc) is 2.45. The Hall–Kier alpha value is -2.89. The van der Waals surface area contributed by atoms with E-state index in [1.54, 1.807) is 25.3 Å². The van der Waals surface area contributed by atoms with Gasteiger partial charge >= 0.3 is 5.97 Å². The van der Waals surface area contributed by atoms with Crippen LogP contribution in [0.4, 0.5) is 5.69 Å². The fourth-order valence-corrected chi connectivity index (χ4v) is 1.90. The minimum Gasteiger partial charge on any atom is -0.508 e. The maximum Gasteiger partial charge on any atom is 0.323 e. The molecule has 2 rings (SSSR count). The van der Waals surface area contributed by atoms with E-state index in [-0.39, 0.29) is 5.75 Å². The van der Waals surface area contributed by atoms with Gasteiger partial charge in [-0.1, -0.05) is 0 Å². The molecule has 1 heterocycles. The maximum atomic E-state index is 12.5. The highest BCUT2D eigenvalue weighted by molar-refractivity contribution is 6.08. The number of nitrogens with zero attached hydrogens (tertiary/aromatic N) is 2. The lowest BCUT2D eigenvalue weighted by Crippen LogP contribution is -2.36. The second kappa shape index (κ2) is 6.04. The molecule has 0 unspecified atom stereocenters. The zero-order valence-electron chi connectivity index (χ0n) is 11.4. The van der Waals surface area contributed by atoms with Crippen LogP contribution in [-0.4, -0.2) is 33.6 Å². The van der Waals surface area contributed by atoms with Gasteiger partial charge < -0.3 is 10.2 Å². The fourth-order valence-electron chi connectivity index (χ4n) is 1.90. The fraction of sp³-hybridized carbons (Fsp3) is 0.133. The Morgan fingerprint density at radius 2 is 1.86 bits per heavy atom. The van der Waals surface area contributed by atoms with Crippen molar-refractivity contribution in [3.05, 3.63) is 53.9 Å². The molecule has 0 saturated carbocycles. The Kier molecular flexibility index (Phi) is 4.18. The van der Waals surface area contributed by atoms with Crippen molar-refractivity contribution in [3.8, 4) is 5.75 Å². The standard InChI is InChI=1S/C15H14N2O4/c1-10-13(3-2-8-16-10)15(21)17(9-14(19)20)11-4-6-12(18)7-5-11/h2-8,18H,9H2,1H3,(H,19,20). The summed E-state index contributed by atoms with van der Waals surface area (Å²) in [4.78, 5) is 28.7. The number of benzene rings is 1. The molecule has 1 aromatic carbocycles. The molecule has 1 amide bonds. The molecule has 0 saturated heterocycles. The summed E-state index contributed by atoms with van der Waals surface area (Å²) in [7, 11) is 0. The monoisotopic (exact) mass is 286 g/mol. The van der Waals surface area contributed by atoms with Crippen LogP contribution in [0, 0.1) is 6.92 Å². The molecule has 0 bridgehead atoms. The van der Waals surface area contributed by atoms with E-state index >= 15 is 0 Å². The Bertz CT molecular complexity index is 668. The van der Waals surface area contributed by atoms with E-state index in [1.165, 1.54) is 24.3 Å².